The zero-order valence-electron chi connectivity index (χ0n) is 17.6. The van der Waals surface area contributed by atoms with Crippen LogP contribution in [-0.4, -0.2) is 10.9 Å². The number of rotatable bonds is 5. The molecule has 1 N–H and O–H groups in total. The number of pyridine rings is 1. The van der Waals surface area contributed by atoms with Crippen LogP contribution in [-0.2, 0) is 0 Å². The molecule has 1 heterocycles. The molecule has 0 bridgehead atoms. The number of hydrogen-bond donors (Lipinski definition) is 1. The molecule has 0 aliphatic carbocycles. The van der Waals surface area contributed by atoms with Crippen molar-refractivity contribution in [3.63, 3.8) is 0 Å². The molecule has 3 heteroatoms. The van der Waals surface area contributed by atoms with E-state index in [-0.39, 0.29) is 11.9 Å². The molecule has 30 heavy (non-hydrogen) atoms. The van der Waals surface area contributed by atoms with Crippen molar-refractivity contribution in [2.24, 2.45) is 0 Å². The number of aryl methyl sites for hydroxylation is 2. The van der Waals surface area contributed by atoms with Crippen LogP contribution >= 0.6 is 0 Å². The third kappa shape index (κ3) is 4.11. The number of benzene rings is 3. The summed E-state index contributed by atoms with van der Waals surface area (Å²) in [6, 6.07) is 26.3. The lowest BCUT2D eigenvalue weighted by Gasteiger charge is -2.19. The minimum Gasteiger partial charge on any atom is -0.345 e. The fourth-order valence-electron chi connectivity index (χ4n) is 3.77. The van der Waals surface area contributed by atoms with E-state index in [1.165, 1.54) is 11.1 Å². The summed E-state index contributed by atoms with van der Waals surface area (Å²) in [4.78, 5) is 18.2. The number of hydrogen-bond acceptors (Lipinski definition) is 2. The van der Waals surface area contributed by atoms with Crippen molar-refractivity contribution in [3.8, 4) is 11.3 Å². The van der Waals surface area contributed by atoms with Crippen molar-refractivity contribution >= 4 is 16.8 Å². The van der Waals surface area contributed by atoms with E-state index in [4.69, 9.17) is 4.98 Å². The maximum atomic E-state index is 13.4. The second kappa shape index (κ2) is 8.50. The average Bonchev–Trinajstić information content (AvgIpc) is 2.77. The summed E-state index contributed by atoms with van der Waals surface area (Å²) in [6.45, 7) is 6.22. The first-order valence-corrected chi connectivity index (χ1v) is 10.4. The highest BCUT2D eigenvalue weighted by Crippen LogP contribution is 2.26. The monoisotopic (exact) mass is 394 g/mol. The lowest BCUT2D eigenvalue weighted by atomic mass is 10.00. The molecular formula is C27H26N2O. The molecule has 1 aromatic heterocycles. The van der Waals surface area contributed by atoms with Crippen molar-refractivity contribution in [1.82, 2.24) is 10.3 Å². The molecule has 0 aliphatic heterocycles. The van der Waals surface area contributed by atoms with Gasteiger partial charge in [0.15, 0.2) is 0 Å². The van der Waals surface area contributed by atoms with Crippen LogP contribution in [0, 0.1) is 13.8 Å². The summed E-state index contributed by atoms with van der Waals surface area (Å²) in [5, 5.41) is 4.10. The van der Waals surface area contributed by atoms with Gasteiger partial charge in [0.1, 0.15) is 0 Å². The van der Waals surface area contributed by atoms with E-state index in [0.29, 0.717) is 5.56 Å². The Labute approximate surface area is 177 Å². The Morgan fingerprint density at radius 2 is 1.67 bits per heavy atom. The molecule has 0 radical (unpaired) electrons. The Bertz CT molecular complexity index is 1200. The van der Waals surface area contributed by atoms with Crippen LogP contribution in [0.5, 0.6) is 0 Å². The van der Waals surface area contributed by atoms with Gasteiger partial charge in [-0.2, -0.15) is 0 Å². The third-order valence-corrected chi connectivity index (χ3v) is 5.47. The first-order chi connectivity index (χ1) is 14.5. The fraction of sp³-hybridized carbons (Fsp3) is 0.185. The Balaban J connectivity index is 1.74. The van der Waals surface area contributed by atoms with Crippen molar-refractivity contribution < 1.29 is 4.79 Å². The van der Waals surface area contributed by atoms with Crippen molar-refractivity contribution in [2.75, 3.05) is 0 Å². The topological polar surface area (TPSA) is 42.0 Å². The van der Waals surface area contributed by atoms with Gasteiger partial charge in [0.25, 0.3) is 5.91 Å². The summed E-state index contributed by atoms with van der Waals surface area (Å²) < 4.78 is 0. The zero-order chi connectivity index (χ0) is 21.1. The number of carbonyl (C=O) groups is 1. The number of carbonyl (C=O) groups excluding carboxylic acids is 1. The average molecular weight is 395 g/mol. The van der Waals surface area contributed by atoms with Gasteiger partial charge in [0, 0.05) is 10.9 Å². The molecule has 1 unspecified atom stereocenters. The van der Waals surface area contributed by atoms with E-state index in [1.54, 1.807) is 0 Å². The number of fused-ring (bicyclic) bond motifs is 1. The van der Waals surface area contributed by atoms with Crippen LogP contribution in [0.1, 0.15) is 46.4 Å². The standard InChI is InChI=1S/C27H26N2O/c1-4-24(20-14-12-18(2)13-15-20)29-27(30)23-17-26(21-9-7-8-19(3)16-21)28-25-11-6-5-10-22(23)25/h5-17,24H,4H2,1-3H3,(H,29,30). The largest absolute Gasteiger partial charge is 0.345 e. The Morgan fingerprint density at radius 3 is 2.40 bits per heavy atom. The minimum atomic E-state index is -0.0741. The quantitative estimate of drug-likeness (QED) is 0.425. The van der Waals surface area contributed by atoms with Crippen molar-refractivity contribution in [2.45, 2.75) is 33.2 Å². The van der Waals surface area contributed by atoms with E-state index in [2.05, 4.69) is 62.5 Å². The zero-order valence-corrected chi connectivity index (χ0v) is 17.6. The predicted octanol–water partition coefficient (Wildman–Crippen LogP) is 6.40. The van der Waals surface area contributed by atoms with Crippen LogP contribution in [0.15, 0.2) is 78.9 Å². The van der Waals surface area contributed by atoms with Crippen LogP contribution in [0.3, 0.4) is 0 Å². The van der Waals surface area contributed by atoms with Crippen LogP contribution in [0.2, 0.25) is 0 Å². The molecule has 0 fully saturated rings. The number of para-hydroxylation sites is 1. The van der Waals surface area contributed by atoms with E-state index < -0.39 is 0 Å². The van der Waals surface area contributed by atoms with Gasteiger partial charge in [0.05, 0.1) is 22.8 Å². The van der Waals surface area contributed by atoms with Gasteiger partial charge in [-0.3, -0.25) is 4.79 Å². The molecule has 1 amide bonds. The molecule has 1 atom stereocenters. The van der Waals surface area contributed by atoms with Crippen LogP contribution < -0.4 is 5.32 Å². The number of nitrogens with zero attached hydrogens (tertiary/aromatic N) is 1. The molecule has 0 spiro atoms. The molecule has 0 saturated heterocycles. The van der Waals surface area contributed by atoms with Gasteiger partial charge < -0.3 is 5.32 Å². The maximum absolute atomic E-state index is 13.4. The molecular weight excluding hydrogens is 368 g/mol. The molecule has 150 valence electrons. The molecule has 4 rings (SSSR count). The fourth-order valence-corrected chi connectivity index (χ4v) is 3.77. The van der Waals surface area contributed by atoms with Gasteiger partial charge in [-0.05, 0) is 44.0 Å². The molecule has 0 saturated carbocycles. The van der Waals surface area contributed by atoms with E-state index in [1.807, 2.05) is 42.5 Å². The third-order valence-electron chi connectivity index (χ3n) is 5.47. The SMILES string of the molecule is CCC(NC(=O)c1cc(-c2cccc(C)c2)nc2ccccc12)c1ccc(C)cc1. The van der Waals surface area contributed by atoms with Crippen molar-refractivity contribution in [1.29, 1.82) is 0 Å². The summed E-state index contributed by atoms with van der Waals surface area (Å²) in [5.74, 6) is -0.0741. The number of amides is 1. The van der Waals surface area contributed by atoms with Gasteiger partial charge in [-0.25, -0.2) is 4.98 Å². The highest BCUT2D eigenvalue weighted by atomic mass is 16.1. The van der Waals surface area contributed by atoms with Gasteiger partial charge in [0.2, 0.25) is 0 Å². The van der Waals surface area contributed by atoms with Crippen molar-refractivity contribution in [3.05, 3.63) is 101 Å². The summed E-state index contributed by atoms with van der Waals surface area (Å²) in [6.07, 6.45) is 0.822. The van der Waals surface area contributed by atoms with Crippen LogP contribution in [0.4, 0.5) is 0 Å². The smallest absolute Gasteiger partial charge is 0.252 e. The maximum Gasteiger partial charge on any atom is 0.252 e. The highest BCUT2D eigenvalue weighted by Gasteiger charge is 2.18. The van der Waals surface area contributed by atoms with E-state index in [9.17, 15) is 4.79 Å². The van der Waals surface area contributed by atoms with E-state index in [0.717, 1.165) is 34.1 Å². The predicted molar refractivity (Wildman–Crippen MR) is 124 cm³/mol. The summed E-state index contributed by atoms with van der Waals surface area (Å²) >= 11 is 0. The highest BCUT2D eigenvalue weighted by molar-refractivity contribution is 6.07. The Kier molecular flexibility index (Phi) is 5.62. The normalized spacial score (nSPS) is 12.0. The minimum absolute atomic E-state index is 0.0348. The Hall–Kier alpha value is -3.46. The molecule has 3 aromatic carbocycles. The van der Waals surface area contributed by atoms with E-state index >= 15 is 0 Å². The second-order valence-electron chi connectivity index (χ2n) is 7.79. The number of nitrogens with one attached hydrogen (secondary N) is 1. The lowest BCUT2D eigenvalue weighted by molar-refractivity contribution is 0.0937. The second-order valence-corrected chi connectivity index (χ2v) is 7.79. The van der Waals surface area contributed by atoms with Crippen LogP contribution in [0.25, 0.3) is 22.2 Å². The number of aromatic nitrogens is 1. The van der Waals surface area contributed by atoms with Gasteiger partial charge in [-0.15, -0.1) is 0 Å². The summed E-state index contributed by atoms with van der Waals surface area (Å²) in [7, 11) is 0. The van der Waals surface area contributed by atoms with Gasteiger partial charge in [-0.1, -0.05) is 78.7 Å². The Morgan fingerprint density at radius 1 is 0.900 bits per heavy atom. The molecule has 0 aliphatic rings. The molecule has 3 nitrogen and oxygen atoms in total. The first-order valence-electron chi connectivity index (χ1n) is 10.4. The van der Waals surface area contributed by atoms with Gasteiger partial charge >= 0.3 is 0 Å². The molecule has 4 aromatic rings. The first kappa shape index (κ1) is 19.8. The lowest BCUT2D eigenvalue weighted by Crippen LogP contribution is -2.28. The summed E-state index contributed by atoms with van der Waals surface area (Å²) in [5.41, 5.74) is 6.80.